The highest BCUT2D eigenvalue weighted by Crippen LogP contribution is 2.42. The molecule has 2 aromatic carbocycles. The number of aromatic nitrogens is 2. The predicted octanol–water partition coefficient (Wildman–Crippen LogP) is 6.51. The summed E-state index contributed by atoms with van der Waals surface area (Å²) >= 11 is 0. The number of alkyl halides is 6. The van der Waals surface area contributed by atoms with Crippen LogP contribution in [0.25, 0.3) is 11.4 Å². The molecule has 3 aromatic rings. The first-order valence-corrected chi connectivity index (χ1v) is 12.4. The first-order chi connectivity index (χ1) is 19.0. The number of carbonyl (C=O) groups excluding carboxylic acids is 1. The van der Waals surface area contributed by atoms with Gasteiger partial charge in [0.1, 0.15) is 5.75 Å². The minimum atomic E-state index is -4.80. The minimum absolute atomic E-state index is 0.0196. The number of amides is 1. The van der Waals surface area contributed by atoms with Crippen molar-refractivity contribution in [1.29, 1.82) is 0 Å². The van der Waals surface area contributed by atoms with Crippen molar-refractivity contribution >= 4 is 17.6 Å². The smallest absolute Gasteiger partial charge is 0.416 e. The highest BCUT2D eigenvalue weighted by Gasteiger charge is 2.35. The molecule has 1 heterocycles. The van der Waals surface area contributed by atoms with E-state index in [1.807, 2.05) is 0 Å². The molecule has 1 amide bonds. The van der Waals surface area contributed by atoms with E-state index in [-0.39, 0.29) is 29.6 Å². The first kappa shape index (κ1) is 29.8. The SMILES string of the molecule is CN(C(=O)Cc1cnc(-c2ccc(C(F)(F)F)cc2)nc1C1CC1)c1cc(OC(C)(C)C(=O)O)cc(C(F)(F)F)c1. The van der Waals surface area contributed by atoms with Crippen LogP contribution in [0.3, 0.4) is 0 Å². The third-order valence-corrected chi connectivity index (χ3v) is 6.54. The summed E-state index contributed by atoms with van der Waals surface area (Å²) in [6.45, 7) is 2.36. The van der Waals surface area contributed by atoms with Crippen LogP contribution in [0.5, 0.6) is 5.75 Å². The number of carboxylic acid groups (broad SMARTS) is 1. The molecule has 0 aliphatic heterocycles. The highest BCUT2D eigenvalue weighted by molar-refractivity contribution is 5.94. The van der Waals surface area contributed by atoms with Crippen molar-refractivity contribution < 1.29 is 45.8 Å². The average molecular weight is 582 g/mol. The van der Waals surface area contributed by atoms with E-state index in [1.165, 1.54) is 39.2 Å². The molecule has 0 atom stereocenters. The van der Waals surface area contributed by atoms with Gasteiger partial charge in [0.05, 0.1) is 23.2 Å². The van der Waals surface area contributed by atoms with E-state index >= 15 is 0 Å². The Kier molecular flexibility index (Phi) is 7.76. The second kappa shape index (κ2) is 10.7. The fourth-order valence-corrected chi connectivity index (χ4v) is 3.98. The summed E-state index contributed by atoms with van der Waals surface area (Å²) in [6.07, 6.45) is -6.58. The van der Waals surface area contributed by atoms with E-state index in [4.69, 9.17) is 4.74 Å². The van der Waals surface area contributed by atoms with Gasteiger partial charge in [0.2, 0.25) is 5.91 Å². The highest BCUT2D eigenvalue weighted by atomic mass is 19.4. The molecule has 1 aliphatic rings. The zero-order chi connectivity index (χ0) is 30.3. The fraction of sp³-hybridized carbons (Fsp3) is 0.357. The molecule has 4 rings (SSSR count). The molecule has 7 nitrogen and oxygen atoms in total. The first-order valence-electron chi connectivity index (χ1n) is 12.4. The Labute approximate surface area is 230 Å². The summed E-state index contributed by atoms with van der Waals surface area (Å²) in [5.74, 6) is -2.17. The average Bonchev–Trinajstić information content (AvgIpc) is 3.72. The van der Waals surface area contributed by atoms with Crippen LogP contribution >= 0.6 is 0 Å². The van der Waals surface area contributed by atoms with Crippen molar-refractivity contribution in [3.8, 4) is 17.1 Å². The molecule has 1 N–H and O–H groups in total. The minimum Gasteiger partial charge on any atom is -0.478 e. The topological polar surface area (TPSA) is 92.6 Å². The van der Waals surface area contributed by atoms with E-state index in [0.717, 1.165) is 42.0 Å². The van der Waals surface area contributed by atoms with Gasteiger partial charge in [0.15, 0.2) is 11.4 Å². The molecule has 0 spiro atoms. The number of rotatable bonds is 8. The maximum Gasteiger partial charge on any atom is 0.416 e. The van der Waals surface area contributed by atoms with Gasteiger partial charge in [0.25, 0.3) is 0 Å². The van der Waals surface area contributed by atoms with Crippen LogP contribution in [-0.2, 0) is 28.4 Å². The molecule has 0 radical (unpaired) electrons. The summed E-state index contributed by atoms with van der Waals surface area (Å²) in [4.78, 5) is 34.4. The lowest BCUT2D eigenvalue weighted by atomic mass is 10.1. The molecule has 0 unspecified atom stereocenters. The van der Waals surface area contributed by atoms with Gasteiger partial charge in [-0.2, -0.15) is 26.3 Å². The van der Waals surface area contributed by atoms with Crippen LogP contribution in [-0.4, -0.2) is 39.6 Å². The standard InChI is InChI=1S/C28H25F6N3O4/c1-26(2,25(39)40)41-21-12-19(28(32,33)34)11-20(13-21)37(3)22(38)10-17-14-35-24(36-23(17)15-4-5-15)16-6-8-18(9-7-16)27(29,30)31/h6-9,11-15H,4-5,10H2,1-3H3,(H,39,40). The van der Waals surface area contributed by atoms with Gasteiger partial charge in [-0.05, 0) is 51.0 Å². The molecule has 1 saturated carbocycles. The molecule has 218 valence electrons. The van der Waals surface area contributed by atoms with E-state index in [2.05, 4.69) is 9.97 Å². The lowest BCUT2D eigenvalue weighted by Gasteiger charge is -2.25. The number of carbonyl (C=O) groups is 2. The van der Waals surface area contributed by atoms with E-state index in [0.29, 0.717) is 22.9 Å². The molecule has 1 aliphatic carbocycles. The largest absolute Gasteiger partial charge is 0.478 e. The van der Waals surface area contributed by atoms with Gasteiger partial charge in [-0.25, -0.2) is 14.8 Å². The number of hydrogen-bond acceptors (Lipinski definition) is 5. The Morgan fingerprint density at radius 3 is 2.12 bits per heavy atom. The van der Waals surface area contributed by atoms with Gasteiger partial charge in [-0.3, -0.25) is 4.79 Å². The van der Waals surface area contributed by atoms with Crippen molar-refractivity contribution in [3.63, 3.8) is 0 Å². The van der Waals surface area contributed by atoms with Crippen LogP contribution in [0.2, 0.25) is 0 Å². The Balaban J connectivity index is 1.61. The number of hydrogen-bond donors (Lipinski definition) is 1. The van der Waals surface area contributed by atoms with Crippen LogP contribution in [0, 0.1) is 0 Å². The number of ether oxygens (including phenoxy) is 1. The van der Waals surface area contributed by atoms with Crippen LogP contribution < -0.4 is 9.64 Å². The zero-order valence-electron chi connectivity index (χ0n) is 22.1. The fourth-order valence-electron chi connectivity index (χ4n) is 3.98. The maximum absolute atomic E-state index is 13.6. The Hall–Kier alpha value is -4.16. The number of carboxylic acids is 1. The molecule has 0 bridgehead atoms. The van der Waals surface area contributed by atoms with Crippen LogP contribution in [0.15, 0.2) is 48.7 Å². The van der Waals surface area contributed by atoms with E-state index in [9.17, 15) is 41.0 Å². The lowest BCUT2D eigenvalue weighted by molar-refractivity contribution is -0.152. The zero-order valence-corrected chi connectivity index (χ0v) is 22.1. The van der Waals surface area contributed by atoms with E-state index in [1.54, 1.807) is 0 Å². The summed E-state index contributed by atoms with van der Waals surface area (Å²) in [5, 5.41) is 9.31. The number of aliphatic carboxylic acids is 1. The molecule has 0 saturated heterocycles. The van der Waals surface area contributed by atoms with Crippen molar-refractivity contribution in [2.45, 2.75) is 57.0 Å². The van der Waals surface area contributed by atoms with Crippen molar-refractivity contribution in [3.05, 3.63) is 71.0 Å². The summed E-state index contributed by atoms with van der Waals surface area (Å²) in [5.41, 5.74) is -2.61. The second-order valence-corrected chi connectivity index (χ2v) is 10.2. The molecule has 41 heavy (non-hydrogen) atoms. The molecule has 1 fully saturated rings. The normalized spacial score (nSPS) is 14.1. The third-order valence-electron chi connectivity index (χ3n) is 6.54. The predicted molar refractivity (Wildman–Crippen MR) is 135 cm³/mol. The number of benzene rings is 2. The maximum atomic E-state index is 13.6. The molecular formula is C28H25F6N3O4. The van der Waals surface area contributed by atoms with Gasteiger partial charge in [-0.15, -0.1) is 0 Å². The van der Waals surface area contributed by atoms with Gasteiger partial charge >= 0.3 is 18.3 Å². The second-order valence-electron chi connectivity index (χ2n) is 10.2. The summed E-state index contributed by atoms with van der Waals surface area (Å²) in [6, 6.07) is 6.91. The van der Waals surface area contributed by atoms with Crippen molar-refractivity contribution in [2.24, 2.45) is 0 Å². The quantitative estimate of drug-likeness (QED) is 0.305. The van der Waals surface area contributed by atoms with Gasteiger partial charge in [-0.1, -0.05) is 12.1 Å². The Morgan fingerprint density at radius 2 is 1.59 bits per heavy atom. The monoisotopic (exact) mass is 581 g/mol. The number of likely N-dealkylation sites (N-methyl/N-ethyl adjacent to an activating group) is 1. The third kappa shape index (κ3) is 6.95. The summed E-state index contributed by atoms with van der Waals surface area (Å²) < 4.78 is 84.9. The molecular weight excluding hydrogens is 556 g/mol. The number of nitrogens with zero attached hydrogens (tertiary/aromatic N) is 3. The van der Waals surface area contributed by atoms with E-state index < -0.39 is 41.0 Å². The lowest BCUT2D eigenvalue weighted by Crippen LogP contribution is -2.38. The van der Waals surface area contributed by atoms with Crippen molar-refractivity contribution in [1.82, 2.24) is 9.97 Å². The van der Waals surface area contributed by atoms with Crippen molar-refractivity contribution in [2.75, 3.05) is 11.9 Å². The van der Waals surface area contributed by atoms with Crippen LogP contribution in [0.1, 0.15) is 55.0 Å². The number of halogens is 6. The summed E-state index contributed by atoms with van der Waals surface area (Å²) in [7, 11) is 1.28. The molecule has 1 aromatic heterocycles. The van der Waals surface area contributed by atoms with Gasteiger partial charge in [0, 0.05) is 42.0 Å². The molecule has 13 heteroatoms. The number of anilines is 1. The Bertz CT molecular complexity index is 1470. The Morgan fingerprint density at radius 1 is 0.976 bits per heavy atom. The van der Waals surface area contributed by atoms with Crippen LogP contribution in [0.4, 0.5) is 32.0 Å². The van der Waals surface area contributed by atoms with Gasteiger partial charge < -0.3 is 14.7 Å².